The first-order valence-corrected chi connectivity index (χ1v) is 9.62. The number of rotatable bonds is 7. The Hall–Kier alpha value is -3.46. The molecular formula is C20H21ClN6O3. The van der Waals surface area contributed by atoms with Crippen molar-refractivity contribution < 1.29 is 14.3 Å². The van der Waals surface area contributed by atoms with Crippen LogP contribution in [0.15, 0.2) is 48.5 Å². The van der Waals surface area contributed by atoms with E-state index in [-0.39, 0.29) is 24.0 Å². The second-order valence-electron chi connectivity index (χ2n) is 6.88. The smallest absolute Gasteiger partial charge is 0.411 e. The molecule has 9 nitrogen and oxygen atoms in total. The highest BCUT2D eigenvalue weighted by Crippen LogP contribution is 2.22. The standard InChI is InChI=1S/C20H21ClN6O3/c1-12(2)17(18-24-26-27-25-18)23-19(28)14-8-15(21)10-16(9-14)22-20(29)30-11-13-6-4-3-5-7-13/h3-10,12,17H,11H2,1-2H3,(H,22,29)(H,23,28)(H,24,25,26,27)/t17-/m0/s1. The molecule has 0 spiro atoms. The van der Waals surface area contributed by atoms with Gasteiger partial charge in [0.05, 0.1) is 6.04 Å². The Bertz CT molecular complexity index is 995. The molecular weight excluding hydrogens is 408 g/mol. The number of nitrogens with one attached hydrogen (secondary N) is 3. The molecule has 3 aromatic rings. The van der Waals surface area contributed by atoms with Crippen molar-refractivity contribution in [3.05, 3.63) is 70.5 Å². The lowest BCUT2D eigenvalue weighted by Crippen LogP contribution is -2.32. The van der Waals surface area contributed by atoms with E-state index >= 15 is 0 Å². The molecule has 0 saturated carbocycles. The summed E-state index contributed by atoms with van der Waals surface area (Å²) in [6.45, 7) is 3.98. The number of aromatic nitrogens is 4. The SMILES string of the molecule is CC(C)[C@H](NC(=O)c1cc(Cl)cc(NC(=O)OCc2ccccc2)c1)c1nn[nH]n1. The molecule has 0 fully saturated rings. The number of amides is 2. The van der Waals surface area contributed by atoms with Crippen LogP contribution in [0.3, 0.4) is 0 Å². The molecule has 2 aromatic carbocycles. The first-order chi connectivity index (χ1) is 14.4. The molecule has 0 unspecified atom stereocenters. The number of carbonyl (C=O) groups is 2. The predicted octanol–water partition coefficient (Wildman–Crippen LogP) is 3.73. The summed E-state index contributed by atoms with van der Waals surface area (Å²) >= 11 is 6.14. The zero-order chi connectivity index (χ0) is 21.5. The molecule has 0 aliphatic rings. The topological polar surface area (TPSA) is 122 Å². The molecule has 0 aliphatic heterocycles. The third-order valence-corrected chi connectivity index (χ3v) is 4.43. The highest BCUT2D eigenvalue weighted by atomic mass is 35.5. The summed E-state index contributed by atoms with van der Waals surface area (Å²) in [6, 6.07) is 13.4. The van der Waals surface area contributed by atoms with E-state index in [1.807, 2.05) is 44.2 Å². The van der Waals surface area contributed by atoms with Crippen LogP contribution in [0.25, 0.3) is 0 Å². The Morgan fingerprint density at radius 2 is 1.93 bits per heavy atom. The van der Waals surface area contributed by atoms with E-state index in [0.29, 0.717) is 16.5 Å². The van der Waals surface area contributed by atoms with Gasteiger partial charge in [0.2, 0.25) is 0 Å². The molecule has 0 bridgehead atoms. The Morgan fingerprint density at radius 3 is 2.60 bits per heavy atom. The second-order valence-corrected chi connectivity index (χ2v) is 7.32. The maximum Gasteiger partial charge on any atom is 0.411 e. The minimum Gasteiger partial charge on any atom is -0.444 e. The van der Waals surface area contributed by atoms with Crippen molar-refractivity contribution in [1.29, 1.82) is 0 Å². The number of carbonyl (C=O) groups excluding carboxylic acids is 2. The lowest BCUT2D eigenvalue weighted by atomic mass is 10.0. The molecule has 0 aliphatic carbocycles. The predicted molar refractivity (Wildman–Crippen MR) is 111 cm³/mol. The van der Waals surface area contributed by atoms with Gasteiger partial charge in [-0.3, -0.25) is 10.1 Å². The van der Waals surface area contributed by atoms with Crippen LogP contribution in [-0.4, -0.2) is 32.6 Å². The Morgan fingerprint density at radius 1 is 1.17 bits per heavy atom. The van der Waals surface area contributed by atoms with Crippen molar-refractivity contribution in [3.63, 3.8) is 0 Å². The number of hydrogen-bond donors (Lipinski definition) is 3. The zero-order valence-corrected chi connectivity index (χ0v) is 17.2. The summed E-state index contributed by atoms with van der Waals surface area (Å²) in [5.41, 5.74) is 1.47. The third kappa shape index (κ3) is 5.77. The average Bonchev–Trinajstić information content (AvgIpc) is 3.25. The zero-order valence-electron chi connectivity index (χ0n) is 16.4. The van der Waals surface area contributed by atoms with Crippen molar-refractivity contribution in [2.24, 2.45) is 5.92 Å². The summed E-state index contributed by atoms with van der Waals surface area (Å²) in [5, 5.41) is 19.5. The lowest BCUT2D eigenvalue weighted by Gasteiger charge is -2.19. The molecule has 0 radical (unpaired) electrons. The van der Waals surface area contributed by atoms with Crippen molar-refractivity contribution >= 4 is 29.3 Å². The van der Waals surface area contributed by atoms with Gasteiger partial charge in [-0.05, 0) is 29.7 Å². The van der Waals surface area contributed by atoms with E-state index in [4.69, 9.17) is 16.3 Å². The van der Waals surface area contributed by atoms with E-state index in [1.54, 1.807) is 0 Å². The quantitative estimate of drug-likeness (QED) is 0.527. The van der Waals surface area contributed by atoms with Gasteiger partial charge in [-0.15, -0.1) is 10.2 Å². The van der Waals surface area contributed by atoms with Crippen LogP contribution in [0.4, 0.5) is 10.5 Å². The molecule has 1 atom stereocenters. The lowest BCUT2D eigenvalue weighted by molar-refractivity contribution is 0.0923. The monoisotopic (exact) mass is 428 g/mol. The van der Waals surface area contributed by atoms with Crippen molar-refractivity contribution in [2.75, 3.05) is 5.32 Å². The maximum atomic E-state index is 12.8. The largest absolute Gasteiger partial charge is 0.444 e. The first kappa shape index (κ1) is 21.3. The number of hydrogen-bond acceptors (Lipinski definition) is 6. The molecule has 156 valence electrons. The van der Waals surface area contributed by atoms with Gasteiger partial charge in [-0.25, -0.2) is 4.79 Å². The maximum absolute atomic E-state index is 12.8. The van der Waals surface area contributed by atoms with Crippen LogP contribution in [0.2, 0.25) is 5.02 Å². The van der Waals surface area contributed by atoms with Gasteiger partial charge >= 0.3 is 6.09 Å². The highest BCUT2D eigenvalue weighted by Gasteiger charge is 2.23. The molecule has 10 heteroatoms. The van der Waals surface area contributed by atoms with Crippen LogP contribution in [0.1, 0.15) is 41.6 Å². The number of nitrogens with zero attached hydrogens (tertiary/aromatic N) is 3. The Kier molecular flexibility index (Phi) is 6.97. The summed E-state index contributed by atoms with van der Waals surface area (Å²) in [6.07, 6.45) is -0.653. The molecule has 1 aromatic heterocycles. The van der Waals surface area contributed by atoms with Crippen LogP contribution in [0.5, 0.6) is 0 Å². The minimum absolute atomic E-state index is 0.0243. The van der Waals surface area contributed by atoms with E-state index in [2.05, 4.69) is 31.3 Å². The number of H-pyrrole nitrogens is 1. The van der Waals surface area contributed by atoms with E-state index in [0.717, 1.165) is 5.56 Å². The van der Waals surface area contributed by atoms with E-state index in [9.17, 15) is 9.59 Å². The van der Waals surface area contributed by atoms with E-state index in [1.165, 1.54) is 18.2 Å². The molecule has 2 amide bonds. The molecule has 30 heavy (non-hydrogen) atoms. The minimum atomic E-state index is -0.653. The molecule has 1 heterocycles. The van der Waals surface area contributed by atoms with Gasteiger partial charge in [0.15, 0.2) is 5.82 Å². The van der Waals surface area contributed by atoms with Crippen LogP contribution in [0, 0.1) is 5.92 Å². The van der Waals surface area contributed by atoms with Gasteiger partial charge in [-0.1, -0.05) is 61.0 Å². The highest BCUT2D eigenvalue weighted by molar-refractivity contribution is 6.31. The van der Waals surface area contributed by atoms with Crippen molar-refractivity contribution in [2.45, 2.75) is 26.5 Å². The van der Waals surface area contributed by atoms with Crippen LogP contribution >= 0.6 is 11.6 Å². The third-order valence-electron chi connectivity index (χ3n) is 4.21. The number of ether oxygens (including phenoxy) is 1. The fraction of sp³-hybridized carbons (Fsp3) is 0.250. The molecule has 0 saturated heterocycles. The Labute approximate surface area is 178 Å². The fourth-order valence-electron chi connectivity index (χ4n) is 2.73. The summed E-state index contributed by atoms with van der Waals surface area (Å²) in [5.74, 6) is 0.0150. The van der Waals surface area contributed by atoms with Gasteiger partial charge in [0, 0.05) is 16.3 Å². The van der Waals surface area contributed by atoms with Gasteiger partial charge in [-0.2, -0.15) is 5.21 Å². The summed E-state index contributed by atoms with van der Waals surface area (Å²) < 4.78 is 5.20. The summed E-state index contributed by atoms with van der Waals surface area (Å²) in [7, 11) is 0. The van der Waals surface area contributed by atoms with E-state index < -0.39 is 12.1 Å². The first-order valence-electron chi connectivity index (χ1n) is 9.25. The van der Waals surface area contributed by atoms with Gasteiger partial charge < -0.3 is 10.1 Å². The normalized spacial score (nSPS) is 11.7. The second kappa shape index (κ2) is 9.84. The van der Waals surface area contributed by atoms with Crippen molar-refractivity contribution in [1.82, 2.24) is 25.9 Å². The molecule has 3 rings (SSSR count). The van der Waals surface area contributed by atoms with Crippen LogP contribution in [-0.2, 0) is 11.3 Å². The Balaban J connectivity index is 1.66. The number of tetrazole rings is 1. The number of anilines is 1. The number of benzene rings is 2. The van der Waals surface area contributed by atoms with Crippen LogP contribution < -0.4 is 10.6 Å². The van der Waals surface area contributed by atoms with Crippen molar-refractivity contribution in [3.8, 4) is 0 Å². The van der Waals surface area contributed by atoms with Gasteiger partial charge in [0.1, 0.15) is 6.61 Å². The number of halogens is 1. The number of aromatic amines is 1. The fourth-order valence-corrected chi connectivity index (χ4v) is 2.96. The molecule has 3 N–H and O–H groups in total. The average molecular weight is 429 g/mol. The van der Waals surface area contributed by atoms with Gasteiger partial charge in [0.25, 0.3) is 5.91 Å². The summed E-state index contributed by atoms with van der Waals surface area (Å²) in [4.78, 5) is 24.9.